The number of hydrogen-bond donors (Lipinski definition) is 0. The van der Waals surface area contributed by atoms with E-state index in [0.717, 1.165) is 5.69 Å². The van der Waals surface area contributed by atoms with Crippen LogP contribution >= 0.6 is 0 Å². The van der Waals surface area contributed by atoms with Crippen LogP contribution in [0, 0.1) is 0 Å². The predicted octanol–water partition coefficient (Wildman–Crippen LogP) is 1.49. The molecule has 0 atom stereocenters. The van der Waals surface area contributed by atoms with E-state index in [1.54, 1.807) is 19.2 Å². The van der Waals surface area contributed by atoms with E-state index in [9.17, 15) is 14.0 Å². The van der Waals surface area contributed by atoms with E-state index >= 15 is 0 Å². The normalized spacial score (nSPS) is 13.9. The number of amides is 1. The number of halogens is 1. The third kappa shape index (κ3) is 2.67. The Bertz CT molecular complexity index is 536. The summed E-state index contributed by atoms with van der Waals surface area (Å²) in [6.07, 6.45) is 1.69. The van der Waals surface area contributed by atoms with Gasteiger partial charge in [0.15, 0.2) is 5.83 Å². The van der Waals surface area contributed by atoms with Gasteiger partial charge >= 0.3 is 5.97 Å². The largest absolute Gasteiger partial charge is 0.462 e. The van der Waals surface area contributed by atoms with Crippen molar-refractivity contribution in [3.8, 4) is 0 Å². The van der Waals surface area contributed by atoms with E-state index in [-0.39, 0.29) is 6.54 Å². The van der Waals surface area contributed by atoms with Crippen molar-refractivity contribution in [2.45, 2.75) is 20.0 Å². The Morgan fingerprint density at radius 1 is 1.47 bits per heavy atom. The first-order chi connectivity index (χ1) is 9.02. The van der Waals surface area contributed by atoms with Crippen molar-refractivity contribution in [1.82, 2.24) is 9.47 Å². The Kier molecular flexibility index (Phi) is 3.69. The highest BCUT2D eigenvalue weighted by Gasteiger charge is 2.24. The van der Waals surface area contributed by atoms with Crippen molar-refractivity contribution in [3.05, 3.63) is 35.9 Å². The van der Waals surface area contributed by atoms with Gasteiger partial charge in [-0.2, -0.15) is 0 Å². The van der Waals surface area contributed by atoms with Crippen LogP contribution in [-0.2, 0) is 22.6 Å². The van der Waals surface area contributed by atoms with Crippen molar-refractivity contribution in [2.75, 3.05) is 13.2 Å². The molecule has 0 N–H and O–H groups in total. The zero-order chi connectivity index (χ0) is 14.0. The molecule has 1 aromatic rings. The molecule has 102 valence electrons. The second kappa shape index (κ2) is 5.26. The molecule has 0 aliphatic carbocycles. The maximum absolute atomic E-state index is 12.8. The lowest BCUT2D eigenvalue weighted by Crippen LogP contribution is -2.37. The standard InChI is InChI=1S/C13H15FN2O3/c1-3-19-13(18)10-6-11-8-16(12(17)9(2)14)5-4-15(11)7-10/h6-7H,2-5,8H2,1H3. The Morgan fingerprint density at radius 3 is 2.84 bits per heavy atom. The summed E-state index contributed by atoms with van der Waals surface area (Å²) in [4.78, 5) is 24.5. The molecule has 0 radical (unpaired) electrons. The summed E-state index contributed by atoms with van der Waals surface area (Å²) in [5.41, 5.74) is 1.23. The molecule has 5 nitrogen and oxygen atoms in total. The first-order valence-corrected chi connectivity index (χ1v) is 6.02. The van der Waals surface area contributed by atoms with Crippen molar-refractivity contribution in [3.63, 3.8) is 0 Å². The van der Waals surface area contributed by atoms with Crippen molar-refractivity contribution >= 4 is 11.9 Å². The van der Waals surface area contributed by atoms with Crippen LogP contribution in [0.2, 0.25) is 0 Å². The molecule has 2 rings (SSSR count). The molecule has 6 heteroatoms. The monoisotopic (exact) mass is 266 g/mol. The van der Waals surface area contributed by atoms with Gasteiger partial charge in [-0.15, -0.1) is 0 Å². The number of ether oxygens (including phenoxy) is 1. The van der Waals surface area contributed by atoms with Crippen LogP contribution in [0.1, 0.15) is 23.0 Å². The van der Waals surface area contributed by atoms with Crippen LogP contribution in [0.3, 0.4) is 0 Å². The van der Waals surface area contributed by atoms with E-state index in [1.165, 1.54) is 4.90 Å². The summed E-state index contributed by atoms with van der Waals surface area (Å²) in [5.74, 6) is -2.06. The molecular formula is C13H15FN2O3. The number of esters is 1. The SMILES string of the molecule is C=C(F)C(=O)N1CCn2cc(C(=O)OCC)cc2C1. The highest BCUT2D eigenvalue weighted by Crippen LogP contribution is 2.18. The highest BCUT2D eigenvalue weighted by molar-refractivity contribution is 5.91. The summed E-state index contributed by atoms with van der Waals surface area (Å²) in [7, 11) is 0. The molecule has 1 amide bonds. The maximum Gasteiger partial charge on any atom is 0.339 e. The molecule has 0 fully saturated rings. The van der Waals surface area contributed by atoms with Gasteiger partial charge in [-0.25, -0.2) is 9.18 Å². The summed E-state index contributed by atoms with van der Waals surface area (Å²) in [6, 6.07) is 1.67. The zero-order valence-electron chi connectivity index (χ0n) is 10.7. The zero-order valence-corrected chi connectivity index (χ0v) is 10.7. The quantitative estimate of drug-likeness (QED) is 0.615. The number of fused-ring (bicyclic) bond motifs is 1. The molecule has 0 unspecified atom stereocenters. The lowest BCUT2D eigenvalue weighted by molar-refractivity contribution is -0.130. The number of hydrogen-bond acceptors (Lipinski definition) is 3. The van der Waals surface area contributed by atoms with Crippen molar-refractivity contribution < 1.29 is 18.7 Å². The van der Waals surface area contributed by atoms with Gasteiger partial charge in [0.25, 0.3) is 5.91 Å². The van der Waals surface area contributed by atoms with Crippen molar-refractivity contribution in [2.24, 2.45) is 0 Å². The van der Waals surface area contributed by atoms with Gasteiger partial charge in [0.2, 0.25) is 0 Å². The lowest BCUT2D eigenvalue weighted by atomic mass is 10.2. The maximum atomic E-state index is 12.8. The first-order valence-electron chi connectivity index (χ1n) is 6.02. The molecular weight excluding hydrogens is 251 g/mol. The molecule has 0 aromatic carbocycles. The topological polar surface area (TPSA) is 51.5 Å². The average molecular weight is 266 g/mol. The fourth-order valence-corrected chi connectivity index (χ4v) is 2.07. The third-order valence-electron chi connectivity index (χ3n) is 2.98. The van der Waals surface area contributed by atoms with E-state index in [0.29, 0.717) is 25.3 Å². The molecule has 0 spiro atoms. The average Bonchev–Trinajstić information content (AvgIpc) is 2.80. The Morgan fingerprint density at radius 2 is 2.21 bits per heavy atom. The molecule has 19 heavy (non-hydrogen) atoms. The summed E-state index contributed by atoms with van der Waals surface area (Å²) < 4.78 is 19.6. The Balaban J connectivity index is 2.15. The minimum absolute atomic E-state index is 0.265. The fraction of sp³-hybridized carbons (Fsp3) is 0.385. The van der Waals surface area contributed by atoms with Crippen LogP contribution in [0.15, 0.2) is 24.7 Å². The summed E-state index contributed by atoms with van der Waals surface area (Å²) in [5, 5.41) is 0. The van der Waals surface area contributed by atoms with Crippen molar-refractivity contribution in [1.29, 1.82) is 0 Å². The number of nitrogens with zero attached hydrogens (tertiary/aromatic N) is 2. The lowest BCUT2D eigenvalue weighted by Gasteiger charge is -2.27. The molecule has 0 bridgehead atoms. The number of aromatic nitrogens is 1. The van der Waals surface area contributed by atoms with Crippen LogP contribution in [0.25, 0.3) is 0 Å². The smallest absolute Gasteiger partial charge is 0.339 e. The number of carbonyl (C=O) groups excluding carboxylic acids is 2. The summed E-state index contributed by atoms with van der Waals surface area (Å²) in [6.45, 7) is 6.23. The number of rotatable bonds is 3. The summed E-state index contributed by atoms with van der Waals surface area (Å²) >= 11 is 0. The molecule has 0 saturated heterocycles. The molecule has 1 aliphatic heterocycles. The molecule has 1 aromatic heterocycles. The van der Waals surface area contributed by atoms with Crippen LogP contribution in [0.4, 0.5) is 4.39 Å². The van der Waals surface area contributed by atoms with Crippen LogP contribution in [-0.4, -0.2) is 34.5 Å². The van der Waals surface area contributed by atoms with Gasteiger partial charge < -0.3 is 14.2 Å². The highest BCUT2D eigenvalue weighted by atomic mass is 19.1. The minimum Gasteiger partial charge on any atom is -0.462 e. The second-order valence-corrected chi connectivity index (χ2v) is 4.27. The Hall–Kier alpha value is -2.11. The van der Waals surface area contributed by atoms with Gasteiger partial charge in [0, 0.05) is 25.0 Å². The van der Waals surface area contributed by atoms with Crippen LogP contribution in [0.5, 0.6) is 0 Å². The second-order valence-electron chi connectivity index (χ2n) is 4.27. The fourth-order valence-electron chi connectivity index (χ4n) is 2.07. The van der Waals surface area contributed by atoms with Gasteiger partial charge in [-0.3, -0.25) is 4.79 Å². The van der Waals surface area contributed by atoms with E-state index in [1.807, 2.05) is 4.57 Å². The minimum atomic E-state index is -0.967. The Labute approximate surface area is 110 Å². The van der Waals surface area contributed by atoms with E-state index in [2.05, 4.69) is 6.58 Å². The van der Waals surface area contributed by atoms with Gasteiger partial charge in [-0.05, 0) is 13.0 Å². The van der Waals surface area contributed by atoms with E-state index in [4.69, 9.17) is 4.74 Å². The number of carbonyl (C=O) groups is 2. The molecule has 0 saturated carbocycles. The molecule has 1 aliphatic rings. The van der Waals surface area contributed by atoms with Gasteiger partial charge in [-0.1, -0.05) is 6.58 Å². The first kappa shape index (κ1) is 13.3. The molecule has 2 heterocycles. The third-order valence-corrected chi connectivity index (χ3v) is 2.98. The van der Waals surface area contributed by atoms with Crippen LogP contribution < -0.4 is 0 Å². The van der Waals surface area contributed by atoms with Gasteiger partial charge in [0.05, 0.1) is 18.7 Å². The predicted molar refractivity (Wildman–Crippen MR) is 66.1 cm³/mol. The van der Waals surface area contributed by atoms with Gasteiger partial charge in [0.1, 0.15) is 0 Å². The van der Waals surface area contributed by atoms with E-state index < -0.39 is 17.7 Å².